The summed E-state index contributed by atoms with van der Waals surface area (Å²) in [5.41, 5.74) is 1.12. The van der Waals surface area contributed by atoms with E-state index in [1.807, 2.05) is 23.1 Å². The van der Waals surface area contributed by atoms with Gasteiger partial charge < -0.3 is 24.8 Å². The first-order valence-corrected chi connectivity index (χ1v) is 9.64. The molecule has 26 heavy (non-hydrogen) atoms. The minimum Gasteiger partial charge on any atom is -0.493 e. The molecule has 0 spiro atoms. The Kier molecular flexibility index (Phi) is 6.74. The van der Waals surface area contributed by atoms with Crippen LogP contribution in [0.2, 0.25) is 0 Å². The third kappa shape index (κ3) is 5.11. The van der Waals surface area contributed by atoms with Gasteiger partial charge in [-0.25, -0.2) is 0 Å². The number of hydrogen-bond acceptors (Lipinski definition) is 5. The average Bonchev–Trinajstić information content (AvgIpc) is 3.21. The molecule has 1 aliphatic carbocycles. The van der Waals surface area contributed by atoms with Gasteiger partial charge in [0, 0.05) is 25.7 Å². The van der Waals surface area contributed by atoms with Gasteiger partial charge in [-0.05, 0) is 56.2 Å². The summed E-state index contributed by atoms with van der Waals surface area (Å²) in [7, 11) is 1.62. The summed E-state index contributed by atoms with van der Waals surface area (Å²) in [5, 5.41) is 13.1. The van der Waals surface area contributed by atoms with Crippen LogP contribution in [-0.2, 0) is 11.3 Å². The molecule has 2 aliphatic rings. The molecule has 1 saturated carbocycles. The number of nitrogens with one attached hydrogen (secondary N) is 1. The molecule has 0 bridgehead atoms. The van der Waals surface area contributed by atoms with E-state index in [1.54, 1.807) is 7.11 Å². The number of hydrogen-bond donors (Lipinski definition) is 2. The van der Waals surface area contributed by atoms with Crippen LogP contribution in [0.1, 0.15) is 44.1 Å². The highest BCUT2D eigenvalue weighted by molar-refractivity contribution is 5.78. The highest BCUT2D eigenvalue weighted by Crippen LogP contribution is 2.28. The van der Waals surface area contributed by atoms with Crippen LogP contribution >= 0.6 is 0 Å². The maximum absolute atomic E-state index is 12.1. The molecular formula is C20H30N2O4. The number of benzene rings is 1. The molecule has 6 heteroatoms. The molecule has 1 aromatic carbocycles. The van der Waals surface area contributed by atoms with Crippen LogP contribution in [0.5, 0.6) is 11.5 Å². The van der Waals surface area contributed by atoms with Crippen molar-refractivity contribution in [2.45, 2.75) is 57.2 Å². The van der Waals surface area contributed by atoms with Gasteiger partial charge in [-0.3, -0.25) is 4.79 Å². The predicted octanol–water partition coefficient (Wildman–Crippen LogP) is 2.09. The van der Waals surface area contributed by atoms with Gasteiger partial charge in [0.15, 0.2) is 18.1 Å². The SMILES string of the molecule is COc1cc(CNC2CCC(O)CC2)ccc1OCC(=O)N1CCCC1. The zero-order valence-corrected chi connectivity index (χ0v) is 15.6. The number of likely N-dealkylation sites (tertiary alicyclic amines) is 1. The molecule has 0 atom stereocenters. The Bertz CT molecular complexity index is 593. The number of carbonyl (C=O) groups excluding carboxylic acids is 1. The van der Waals surface area contributed by atoms with Crippen LogP contribution in [0.25, 0.3) is 0 Å². The number of rotatable bonds is 7. The lowest BCUT2D eigenvalue weighted by molar-refractivity contribution is -0.132. The number of ether oxygens (including phenoxy) is 2. The van der Waals surface area contributed by atoms with Crippen LogP contribution in [-0.4, -0.2) is 54.9 Å². The van der Waals surface area contributed by atoms with Crippen LogP contribution in [0.15, 0.2) is 18.2 Å². The fourth-order valence-electron chi connectivity index (χ4n) is 3.68. The van der Waals surface area contributed by atoms with E-state index in [9.17, 15) is 9.90 Å². The van der Waals surface area contributed by atoms with Crippen LogP contribution in [0, 0.1) is 0 Å². The minimum atomic E-state index is -0.132. The van der Waals surface area contributed by atoms with Crippen molar-refractivity contribution in [1.29, 1.82) is 0 Å². The van der Waals surface area contributed by atoms with Crippen molar-refractivity contribution in [3.05, 3.63) is 23.8 Å². The first-order chi connectivity index (χ1) is 12.7. The van der Waals surface area contributed by atoms with Gasteiger partial charge >= 0.3 is 0 Å². The highest BCUT2D eigenvalue weighted by atomic mass is 16.5. The largest absolute Gasteiger partial charge is 0.493 e. The van der Waals surface area contributed by atoms with Gasteiger partial charge in [-0.2, -0.15) is 0 Å². The molecule has 3 rings (SSSR count). The summed E-state index contributed by atoms with van der Waals surface area (Å²) in [6, 6.07) is 6.29. The number of methoxy groups -OCH3 is 1. The molecule has 0 aromatic heterocycles. The maximum atomic E-state index is 12.1. The normalized spacial score (nSPS) is 23.1. The van der Waals surface area contributed by atoms with Gasteiger partial charge in [-0.15, -0.1) is 0 Å². The van der Waals surface area contributed by atoms with E-state index in [2.05, 4.69) is 5.32 Å². The second-order valence-corrected chi connectivity index (χ2v) is 7.25. The molecule has 1 amide bonds. The quantitative estimate of drug-likeness (QED) is 0.777. The Balaban J connectivity index is 1.51. The lowest BCUT2D eigenvalue weighted by atomic mass is 9.93. The zero-order valence-electron chi connectivity index (χ0n) is 15.6. The highest BCUT2D eigenvalue weighted by Gasteiger charge is 2.20. The summed E-state index contributed by atoms with van der Waals surface area (Å²) < 4.78 is 11.1. The van der Waals surface area contributed by atoms with E-state index in [0.29, 0.717) is 17.5 Å². The summed E-state index contributed by atoms with van der Waals surface area (Å²) in [5.74, 6) is 1.29. The van der Waals surface area contributed by atoms with Crippen LogP contribution in [0.4, 0.5) is 0 Å². The van der Waals surface area contributed by atoms with Gasteiger partial charge in [-0.1, -0.05) is 6.07 Å². The van der Waals surface area contributed by atoms with E-state index in [0.717, 1.165) is 63.7 Å². The molecule has 1 heterocycles. The first-order valence-electron chi connectivity index (χ1n) is 9.64. The van der Waals surface area contributed by atoms with Crippen molar-refractivity contribution >= 4 is 5.91 Å². The number of nitrogens with zero attached hydrogens (tertiary/aromatic N) is 1. The van der Waals surface area contributed by atoms with E-state index < -0.39 is 0 Å². The minimum absolute atomic E-state index is 0.0368. The molecular weight excluding hydrogens is 332 g/mol. The van der Waals surface area contributed by atoms with E-state index in [1.165, 1.54) is 0 Å². The zero-order chi connectivity index (χ0) is 18.4. The lowest BCUT2D eigenvalue weighted by Gasteiger charge is -2.26. The van der Waals surface area contributed by atoms with Crippen LogP contribution in [0.3, 0.4) is 0 Å². The number of aliphatic hydroxyl groups is 1. The number of amides is 1. The topological polar surface area (TPSA) is 71.0 Å². The molecule has 2 fully saturated rings. The third-order valence-electron chi connectivity index (χ3n) is 5.33. The first kappa shape index (κ1) is 19.0. The summed E-state index contributed by atoms with van der Waals surface area (Å²) >= 11 is 0. The standard InChI is InChI=1S/C20H30N2O4/c1-25-19-12-15(13-21-16-5-7-17(23)8-6-16)4-9-18(19)26-14-20(24)22-10-2-3-11-22/h4,9,12,16-17,21,23H,2-3,5-8,10-11,13-14H2,1H3. The second-order valence-electron chi connectivity index (χ2n) is 7.25. The summed E-state index contributed by atoms with van der Waals surface area (Å²) in [6.07, 6.45) is 5.80. The summed E-state index contributed by atoms with van der Waals surface area (Å²) in [6.45, 7) is 2.48. The van der Waals surface area contributed by atoms with Crippen molar-refractivity contribution in [3.63, 3.8) is 0 Å². The molecule has 144 valence electrons. The van der Waals surface area contributed by atoms with Crippen LogP contribution < -0.4 is 14.8 Å². The molecule has 2 N–H and O–H groups in total. The Labute approximate surface area is 155 Å². The van der Waals surface area contributed by atoms with E-state index in [4.69, 9.17) is 9.47 Å². The van der Waals surface area contributed by atoms with Gasteiger partial charge in [0.05, 0.1) is 13.2 Å². The molecule has 0 radical (unpaired) electrons. The van der Waals surface area contributed by atoms with Crippen molar-refractivity contribution in [2.24, 2.45) is 0 Å². The molecule has 0 unspecified atom stereocenters. The van der Waals surface area contributed by atoms with Crippen molar-refractivity contribution in [1.82, 2.24) is 10.2 Å². The number of aliphatic hydroxyl groups excluding tert-OH is 1. The lowest BCUT2D eigenvalue weighted by Crippen LogP contribution is -2.34. The predicted molar refractivity (Wildman–Crippen MR) is 99.4 cm³/mol. The van der Waals surface area contributed by atoms with Crippen molar-refractivity contribution in [2.75, 3.05) is 26.8 Å². The Morgan fingerprint density at radius 1 is 1.19 bits per heavy atom. The third-order valence-corrected chi connectivity index (χ3v) is 5.33. The van der Waals surface area contributed by atoms with Gasteiger partial charge in [0.1, 0.15) is 0 Å². The van der Waals surface area contributed by atoms with Gasteiger partial charge in [0.25, 0.3) is 5.91 Å². The monoisotopic (exact) mass is 362 g/mol. The Morgan fingerprint density at radius 3 is 2.62 bits per heavy atom. The maximum Gasteiger partial charge on any atom is 0.260 e. The summed E-state index contributed by atoms with van der Waals surface area (Å²) in [4.78, 5) is 14.0. The Hall–Kier alpha value is -1.79. The van der Waals surface area contributed by atoms with E-state index in [-0.39, 0.29) is 18.6 Å². The second kappa shape index (κ2) is 9.24. The molecule has 1 aromatic rings. The van der Waals surface area contributed by atoms with Crippen molar-refractivity contribution < 1.29 is 19.4 Å². The van der Waals surface area contributed by atoms with Gasteiger partial charge in [0.2, 0.25) is 0 Å². The fourth-order valence-corrected chi connectivity index (χ4v) is 3.68. The average molecular weight is 362 g/mol. The fraction of sp³-hybridized carbons (Fsp3) is 0.650. The van der Waals surface area contributed by atoms with E-state index >= 15 is 0 Å². The number of carbonyl (C=O) groups is 1. The smallest absolute Gasteiger partial charge is 0.260 e. The molecule has 1 saturated heterocycles. The van der Waals surface area contributed by atoms with Crippen molar-refractivity contribution in [3.8, 4) is 11.5 Å². The molecule has 1 aliphatic heterocycles. The Morgan fingerprint density at radius 2 is 1.92 bits per heavy atom. The molecule has 6 nitrogen and oxygen atoms in total.